The van der Waals surface area contributed by atoms with Crippen molar-refractivity contribution in [3.05, 3.63) is 92.5 Å². The van der Waals surface area contributed by atoms with E-state index in [2.05, 4.69) is 0 Å². The molecule has 3 aromatic rings. The number of urea groups is 1. The molecule has 4 amide bonds. The van der Waals surface area contributed by atoms with E-state index in [0.29, 0.717) is 17.0 Å². The predicted octanol–water partition coefficient (Wildman–Crippen LogP) is 5.43. The molecule has 14 heteroatoms. The zero-order chi connectivity index (χ0) is 27.8. The number of alkyl halides is 3. The van der Waals surface area contributed by atoms with E-state index in [1.165, 1.54) is 42.5 Å². The number of hydrogen-bond acceptors (Lipinski definition) is 7. The number of benzene rings is 3. The summed E-state index contributed by atoms with van der Waals surface area (Å²) in [6.45, 7) is 0. The number of nitrogens with zero attached hydrogens (tertiary/aromatic N) is 2. The molecule has 4 rings (SSSR count). The maximum absolute atomic E-state index is 12.9. The van der Waals surface area contributed by atoms with E-state index in [1.54, 1.807) is 0 Å². The summed E-state index contributed by atoms with van der Waals surface area (Å²) in [5, 5.41) is 22.6. The van der Waals surface area contributed by atoms with Crippen LogP contribution in [0, 0.1) is 10.1 Å². The molecule has 1 aliphatic heterocycles. The summed E-state index contributed by atoms with van der Waals surface area (Å²) in [4.78, 5) is 48.5. The molecule has 0 atom stereocenters. The lowest BCUT2D eigenvalue weighted by Crippen LogP contribution is -2.54. The van der Waals surface area contributed by atoms with Crippen LogP contribution in [0.5, 0.6) is 17.2 Å². The van der Waals surface area contributed by atoms with Crippen molar-refractivity contribution in [2.24, 2.45) is 0 Å². The fraction of sp³-hybridized carbons (Fsp3) is 0.0417. The number of carbonyl (C=O) groups is 3. The number of ether oxygens (including phenoxy) is 1. The van der Waals surface area contributed by atoms with Crippen molar-refractivity contribution in [3.63, 3.8) is 0 Å². The number of anilines is 1. The zero-order valence-electron chi connectivity index (χ0n) is 18.7. The van der Waals surface area contributed by atoms with Gasteiger partial charge in [0.1, 0.15) is 17.1 Å². The molecule has 3 aromatic carbocycles. The lowest BCUT2D eigenvalue weighted by Gasteiger charge is -2.26. The molecule has 0 aliphatic carbocycles. The van der Waals surface area contributed by atoms with Crippen molar-refractivity contribution >= 4 is 46.9 Å². The first kappa shape index (κ1) is 26.2. The number of nitro benzene ring substituents is 1. The van der Waals surface area contributed by atoms with Crippen LogP contribution in [0.3, 0.4) is 0 Å². The van der Waals surface area contributed by atoms with E-state index < -0.39 is 51.5 Å². The van der Waals surface area contributed by atoms with Gasteiger partial charge in [-0.3, -0.25) is 25.0 Å². The van der Waals surface area contributed by atoms with Crippen LogP contribution in [-0.4, -0.2) is 27.9 Å². The Balaban J connectivity index is 1.63. The van der Waals surface area contributed by atoms with Crippen LogP contribution in [0.25, 0.3) is 6.08 Å². The fourth-order valence-corrected chi connectivity index (χ4v) is 3.62. The lowest BCUT2D eigenvalue weighted by molar-refractivity contribution is -0.385. The van der Waals surface area contributed by atoms with E-state index in [4.69, 9.17) is 16.3 Å². The predicted molar refractivity (Wildman–Crippen MR) is 127 cm³/mol. The molecule has 0 unspecified atom stereocenters. The quantitative estimate of drug-likeness (QED) is 0.188. The highest BCUT2D eigenvalue weighted by molar-refractivity contribution is 6.39. The molecule has 0 spiro atoms. The number of imide groups is 2. The second-order valence-corrected chi connectivity index (χ2v) is 8.11. The van der Waals surface area contributed by atoms with E-state index in [0.717, 1.165) is 12.1 Å². The van der Waals surface area contributed by atoms with Crippen LogP contribution in [0.1, 0.15) is 11.1 Å². The second kappa shape index (κ2) is 9.86. The Morgan fingerprint density at radius 3 is 2.26 bits per heavy atom. The van der Waals surface area contributed by atoms with Gasteiger partial charge in [-0.25, -0.2) is 9.69 Å². The molecule has 1 aliphatic rings. The van der Waals surface area contributed by atoms with Gasteiger partial charge in [-0.15, -0.1) is 0 Å². The first-order valence-electron chi connectivity index (χ1n) is 10.4. The van der Waals surface area contributed by atoms with E-state index >= 15 is 0 Å². The Morgan fingerprint density at radius 2 is 1.66 bits per heavy atom. The second-order valence-electron chi connectivity index (χ2n) is 7.70. The number of barbiturate groups is 1. The Bertz CT molecular complexity index is 1520. The van der Waals surface area contributed by atoms with Gasteiger partial charge in [-0.1, -0.05) is 17.7 Å². The van der Waals surface area contributed by atoms with Gasteiger partial charge in [-0.2, -0.15) is 13.2 Å². The molecule has 1 fully saturated rings. The third-order valence-electron chi connectivity index (χ3n) is 5.18. The van der Waals surface area contributed by atoms with Crippen LogP contribution < -0.4 is 15.0 Å². The van der Waals surface area contributed by atoms with Crippen LogP contribution in [0.15, 0.2) is 66.2 Å². The summed E-state index contributed by atoms with van der Waals surface area (Å²) in [5.41, 5.74) is -2.32. The number of nitro groups is 1. The summed E-state index contributed by atoms with van der Waals surface area (Å²) in [6.07, 6.45) is -3.67. The fourth-order valence-electron chi connectivity index (χ4n) is 3.39. The van der Waals surface area contributed by atoms with Gasteiger partial charge in [0.2, 0.25) is 5.75 Å². The largest absolute Gasteiger partial charge is 0.508 e. The molecule has 38 heavy (non-hydrogen) atoms. The average molecular weight is 548 g/mol. The SMILES string of the molecule is O=C1NC(=O)N(c2ccc(O)cc2)C(=O)/C1=C/c1ccc(Oc2ccc(C(F)(F)F)cc2[N+](=O)[O-])c(Cl)c1. The zero-order valence-corrected chi connectivity index (χ0v) is 19.4. The van der Waals surface area contributed by atoms with Crippen molar-refractivity contribution in [2.45, 2.75) is 6.18 Å². The van der Waals surface area contributed by atoms with Crippen LogP contribution in [-0.2, 0) is 15.8 Å². The molecule has 0 radical (unpaired) electrons. The Hall–Kier alpha value is -4.91. The summed E-state index contributed by atoms with van der Waals surface area (Å²) >= 11 is 6.19. The minimum absolute atomic E-state index is 0.0867. The number of hydrogen-bond donors (Lipinski definition) is 2. The van der Waals surface area contributed by atoms with Gasteiger partial charge < -0.3 is 9.84 Å². The maximum Gasteiger partial charge on any atom is 0.416 e. The van der Waals surface area contributed by atoms with Crippen LogP contribution in [0.2, 0.25) is 5.02 Å². The molecule has 1 saturated heterocycles. The molecule has 0 bridgehead atoms. The number of rotatable bonds is 5. The number of phenols is 1. The van der Waals surface area contributed by atoms with Crippen molar-refractivity contribution in [1.82, 2.24) is 5.32 Å². The van der Waals surface area contributed by atoms with Gasteiger partial charge in [0, 0.05) is 6.07 Å². The van der Waals surface area contributed by atoms with Crippen molar-refractivity contribution in [3.8, 4) is 17.2 Å². The highest BCUT2D eigenvalue weighted by Gasteiger charge is 2.37. The summed E-state index contributed by atoms with van der Waals surface area (Å²) in [5.74, 6) is -2.70. The maximum atomic E-state index is 12.9. The van der Waals surface area contributed by atoms with E-state index in [9.17, 15) is 42.8 Å². The molecule has 1 heterocycles. The summed E-state index contributed by atoms with van der Waals surface area (Å²) in [7, 11) is 0. The Morgan fingerprint density at radius 1 is 1.00 bits per heavy atom. The van der Waals surface area contributed by atoms with Gasteiger partial charge in [0.25, 0.3) is 11.8 Å². The number of phenolic OH excluding ortho intramolecular Hbond substituents is 1. The smallest absolute Gasteiger partial charge is 0.416 e. The normalized spacial score (nSPS) is 15.0. The Kier molecular flexibility index (Phi) is 6.79. The summed E-state index contributed by atoms with van der Waals surface area (Å²) in [6, 6.07) is 9.60. The van der Waals surface area contributed by atoms with Crippen LogP contribution in [0.4, 0.5) is 29.3 Å². The number of nitrogens with one attached hydrogen (secondary N) is 1. The molecule has 0 saturated carbocycles. The number of halogens is 4. The summed E-state index contributed by atoms with van der Waals surface area (Å²) < 4.78 is 44.2. The standard InChI is InChI=1S/C24H13ClF3N3O7/c25-17-10-12(1-7-19(17)38-20-8-2-13(24(26,27)28)11-18(20)31(36)37)9-16-21(33)29-23(35)30(22(16)34)14-3-5-15(32)6-4-14/h1-11,32H,(H,29,33,35)/b16-9+. The van der Waals surface area contributed by atoms with E-state index in [1.807, 2.05) is 5.32 Å². The van der Waals surface area contributed by atoms with Gasteiger partial charge in [0.05, 0.1) is 21.2 Å². The number of carbonyl (C=O) groups excluding carboxylic acids is 3. The minimum Gasteiger partial charge on any atom is -0.508 e. The van der Waals surface area contributed by atoms with Gasteiger partial charge in [0.15, 0.2) is 0 Å². The third-order valence-corrected chi connectivity index (χ3v) is 5.47. The highest BCUT2D eigenvalue weighted by atomic mass is 35.5. The van der Waals surface area contributed by atoms with Crippen molar-refractivity contribution in [1.29, 1.82) is 0 Å². The Labute approximate surface area is 215 Å². The molecule has 10 nitrogen and oxygen atoms in total. The molecule has 194 valence electrons. The highest BCUT2D eigenvalue weighted by Crippen LogP contribution is 2.39. The molecule has 2 N–H and O–H groups in total. The number of aromatic hydroxyl groups is 1. The minimum atomic E-state index is -4.80. The first-order chi connectivity index (χ1) is 17.8. The topological polar surface area (TPSA) is 139 Å². The molecular weight excluding hydrogens is 535 g/mol. The molecular formula is C24H13ClF3N3O7. The van der Waals surface area contributed by atoms with Gasteiger partial charge in [-0.05, 0) is 60.2 Å². The first-order valence-corrected chi connectivity index (χ1v) is 10.8. The van der Waals surface area contributed by atoms with Crippen molar-refractivity contribution in [2.75, 3.05) is 4.90 Å². The van der Waals surface area contributed by atoms with Gasteiger partial charge >= 0.3 is 17.9 Å². The van der Waals surface area contributed by atoms with E-state index in [-0.39, 0.29) is 27.8 Å². The lowest BCUT2D eigenvalue weighted by atomic mass is 10.1. The van der Waals surface area contributed by atoms with Crippen LogP contribution >= 0.6 is 11.6 Å². The molecule has 0 aromatic heterocycles. The van der Waals surface area contributed by atoms with Crippen molar-refractivity contribution < 1.29 is 42.3 Å². The average Bonchev–Trinajstić information content (AvgIpc) is 2.84. The number of amides is 4. The third kappa shape index (κ3) is 5.27. The monoisotopic (exact) mass is 547 g/mol.